The van der Waals surface area contributed by atoms with Crippen LogP contribution in [-0.2, 0) is 15.9 Å². The molecule has 4 heteroatoms. The Morgan fingerprint density at radius 3 is 2.85 bits per heavy atom. The summed E-state index contributed by atoms with van der Waals surface area (Å²) >= 11 is 0. The number of rotatable bonds is 4. The second-order valence-corrected chi connectivity index (χ2v) is 5.72. The predicted octanol–water partition coefficient (Wildman–Crippen LogP) is 2.06. The van der Waals surface area contributed by atoms with E-state index >= 15 is 0 Å². The first-order valence-corrected chi connectivity index (χ1v) is 7.39. The van der Waals surface area contributed by atoms with Crippen LogP contribution in [-0.4, -0.2) is 33.0 Å². The summed E-state index contributed by atoms with van der Waals surface area (Å²) in [7, 11) is 1.68. The van der Waals surface area contributed by atoms with E-state index in [1.54, 1.807) is 7.11 Å². The Morgan fingerprint density at radius 2 is 2.10 bits per heavy atom. The molecule has 1 fully saturated rings. The van der Waals surface area contributed by atoms with Gasteiger partial charge in [0.2, 0.25) is 0 Å². The number of fused-ring (bicyclic) bond motifs is 1. The minimum Gasteiger partial charge on any atom is -0.497 e. The molecule has 3 rings (SSSR count). The number of hydrogen-bond acceptors (Lipinski definition) is 4. The Hall–Kier alpha value is -1.10. The van der Waals surface area contributed by atoms with Crippen LogP contribution >= 0.6 is 0 Å². The lowest BCUT2D eigenvalue weighted by molar-refractivity contribution is -0.0153. The normalized spacial score (nSPS) is 26.5. The highest BCUT2D eigenvalue weighted by atomic mass is 16.5. The average molecular weight is 277 g/mol. The van der Waals surface area contributed by atoms with E-state index in [2.05, 4.69) is 6.07 Å². The monoisotopic (exact) mass is 277 g/mol. The SMILES string of the molecule is COc1ccc2c(c1)C(N)C(OCC1CCOCC1)C2. The van der Waals surface area contributed by atoms with Gasteiger partial charge in [0, 0.05) is 19.6 Å². The van der Waals surface area contributed by atoms with Gasteiger partial charge in [-0.05, 0) is 42.0 Å². The molecule has 2 unspecified atom stereocenters. The highest BCUT2D eigenvalue weighted by Crippen LogP contribution is 2.34. The lowest BCUT2D eigenvalue weighted by Crippen LogP contribution is -2.29. The van der Waals surface area contributed by atoms with Crippen molar-refractivity contribution >= 4 is 0 Å². The highest BCUT2D eigenvalue weighted by molar-refractivity contribution is 5.42. The first-order chi connectivity index (χ1) is 9.78. The fourth-order valence-corrected chi connectivity index (χ4v) is 3.08. The molecule has 1 saturated heterocycles. The maximum atomic E-state index is 6.32. The zero-order valence-electron chi connectivity index (χ0n) is 12.0. The van der Waals surface area contributed by atoms with E-state index in [1.165, 1.54) is 11.1 Å². The molecule has 110 valence electrons. The van der Waals surface area contributed by atoms with E-state index in [9.17, 15) is 0 Å². The van der Waals surface area contributed by atoms with Gasteiger partial charge in [-0.1, -0.05) is 6.07 Å². The fourth-order valence-electron chi connectivity index (χ4n) is 3.08. The van der Waals surface area contributed by atoms with Gasteiger partial charge in [-0.2, -0.15) is 0 Å². The van der Waals surface area contributed by atoms with E-state index in [0.717, 1.165) is 44.8 Å². The predicted molar refractivity (Wildman–Crippen MR) is 76.9 cm³/mol. The smallest absolute Gasteiger partial charge is 0.119 e. The summed E-state index contributed by atoms with van der Waals surface area (Å²) in [6, 6.07) is 6.09. The molecule has 1 heterocycles. The summed E-state index contributed by atoms with van der Waals surface area (Å²) in [5.41, 5.74) is 8.78. The van der Waals surface area contributed by atoms with Crippen molar-refractivity contribution in [2.75, 3.05) is 26.9 Å². The number of hydrogen-bond donors (Lipinski definition) is 1. The molecule has 20 heavy (non-hydrogen) atoms. The van der Waals surface area contributed by atoms with Gasteiger partial charge in [0.15, 0.2) is 0 Å². The average Bonchev–Trinajstić information content (AvgIpc) is 2.82. The summed E-state index contributed by atoms with van der Waals surface area (Å²) in [4.78, 5) is 0. The molecule has 2 N–H and O–H groups in total. The molecule has 0 aromatic heterocycles. The fraction of sp³-hybridized carbons (Fsp3) is 0.625. The third-order valence-corrected chi connectivity index (χ3v) is 4.42. The van der Waals surface area contributed by atoms with Gasteiger partial charge in [0.25, 0.3) is 0 Å². The Balaban J connectivity index is 1.59. The zero-order valence-corrected chi connectivity index (χ0v) is 12.0. The molecule has 4 nitrogen and oxygen atoms in total. The van der Waals surface area contributed by atoms with Crippen molar-refractivity contribution in [3.63, 3.8) is 0 Å². The molecule has 2 aliphatic rings. The van der Waals surface area contributed by atoms with Crippen molar-refractivity contribution in [2.45, 2.75) is 31.4 Å². The maximum absolute atomic E-state index is 6.32. The lowest BCUT2D eigenvalue weighted by atomic mass is 10.0. The van der Waals surface area contributed by atoms with Crippen LogP contribution in [0.2, 0.25) is 0 Å². The highest BCUT2D eigenvalue weighted by Gasteiger charge is 2.31. The van der Waals surface area contributed by atoms with Crippen molar-refractivity contribution in [3.8, 4) is 5.75 Å². The van der Waals surface area contributed by atoms with Gasteiger partial charge < -0.3 is 19.9 Å². The van der Waals surface area contributed by atoms with Crippen LogP contribution in [0.15, 0.2) is 18.2 Å². The molecular weight excluding hydrogens is 254 g/mol. The van der Waals surface area contributed by atoms with Gasteiger partial charge >= 0.3 is 0 Å². The van der Waals surface area contributed by atoms with Crippen molar-refractivity contribution in [1.29, 1.82) is 0 Å². The molecule has 2 atom stereocenters. The summed E-state index contributed by atoms with van der Waals surface area (Å²) in [6.07, 6.45) is 3.20. The van der Waals surface area contributed by atoms with Gasteiger partial charge in [0.05, 0.1) is 25.9 Å². The van der Waals surface area contributed by atoms with Crippen LogP contribution in [0.4, 0.5) is 0 Å². The molecule has 1 aliphatic carbocycles. The van der Waals surface area contributed by atoms with E-state index < -0.39 is 0 Å². The Kier molecular flexibility index (Phi) is 4.24. The molecule has 1 aromatic carbocycles. The summed E-state index contributed by atoms with van der Waals surface area (Å²) in [6.45, 7) is 2.52. The van der Waals surface area contributed by atoms with E-state index in [-0.39, 0.29) is 12.1 Å². The van der Waals surface area contributed by atoms with Crippen LogP contribution in [0.3, 0.4) is 0 Å². The van der Waals surface area contributed by atoms with Gasteiger partial charge in [-0.15, -0.1) is 0 Å². The largest absolute Gasteiger partial charge is 0.497 e. The standard InChI is InChI=1S/C16H23NO3/c1-18-13-3-2-12-8-15(16(17)14(12)9-13)20-10-11-4-6-19-7-5-11/h2-3,9,11,15-16H,4-8,10,17H2,1H3. The Morgan fingerprint density at radius 1 is 1.30 bits per heavy atom. The van der Waals surface area contributed by atoms with Crippen molar-refractivity contribution < 1.29 is 14.2 Å². The number of methoxy groups -OCH3 is 1. The summed E-state index contributed by atoms with van der Waals surface area (Å²) in [5, 5.41) is 0. The molecule has 0 bridgehead atoms. The van der Waals surface area contributed by atoms with Gasteiger partial charge in [-0.3, -0.25) is 0 Å². The second kappa shape index (κ2) is 6.12. The number of benzene rings is 1. The quantitative estimate of drug-likeness (QED) is 0.915. The van der Waals surface area contributed by atoms with Crippen LogP contribution < -0.4 is 10.5 Å². The second-order valence-electron chi connectivity index (χ2n) is 5.72. The van der Waals surface area contributed by atoms with Crippen molar-refractivity contribution in [3.05, 3.63) is 29.3 Å². The lowest BCUT2D eigenvalue weighted by Gasteiger charge is -2.25. The van der Waals surface area contributed by atoms with E-state index in [1.807, 2.05) is 12.1 Å². The number of ether oxygens (including phenoxy) is 3. The van der Waals surface area contributed by atoms with Gasteiger partial charge in [-0.25, -0.2) is 0 Å². The van der Waals surface area contributed by atoms with Crippen LogP contribution in [0.25, 0.3) is 0 Å². The molecule has 1 aromatic rings. The molecular formula is C16H23NO3. The maximum Gasteiger partial charge on any atom is 0.119 e. The third kappa shape index (κ3) is 2.82. The minimum atomic E-state index is -0.0417. The molecule has 0 saturated carbocycles. The molecule has 1 aliphatic heterocycles. The first kappa shape index (κ1) is 13.9. The topological polar surface area (TPSA) is 53.7 Å². The summed E-state index contributed by atoms with van der Waals surface area (Å²) < 4.78 is 16.7. The van der Waals surface area contributed by atoms with Gasteiger partial charge in [0.1, 0.15) is 5.75 Å². The zero-order chi connectivity index (χ0) is 13.9. The Bertz CT molecular complexity index is 457. The van der Waals surface area contributed by atoms with E-state index in [4.69, 9.17) is 19.9 Å². The molecule has 0 radical (unpaired) electrons. The van der Waals surface area contributed by atoms with E-state index in [0.29, 0.717) is 5.92 Å². The number of nitrogens with two attached hydrogens (primary N) is 1. The van der Waals surface area contributed by atoms with Crippen molar-refractivity contribution in [1.82, 2.24) is 0 Å². The molecule has 0 amide bonds. The minimum absolute atomic E-state index is 0.0417. The van der Waals surface area contributed by atoms with Crippen LogP contribution in [0.5, 0.6) is 5.75 Å². The molecule has 0 spiro atoms. The Labute approximate surface area is 120 Å². The van der Waals surface area contributed by atoms with Crippen molar-refractivity contribution in [2.24, 2.45) is 11.7 Å². The van der Waals surface area contributed by atoms with Crippen LogP contribution in [0.1, 0.15) is 30.0 Å². The van der Waals surface area contributed by atoms with Crippen LogP contribution in [0, 0.1) is 5.92 Å². The third-order valence-electron chi connectivity index (χ3n) is 4.42. The summed E-state index contributed by atoms with van der Waals surface area (Å²) in [5.74, 6) is 1.48. The first-order valence-electron chi connectivity index (χ1n) is 7.39.